The molecule has 1 amide bonds. The van der Waals surface area contributed by atoms with Gasteiger partial charge in [-0.05, 0) is 35.4 Å². The molecule has 0 aliphatic rings. The van der Waals surface area contributed by atoms with Gasteiger partial charge in [-0.3, -0.25) is 4.79 Å². The summed E-state index contributed by atoms with van der Waals surface area (Å²) < 4.78 is 15.5. The van der Waals surface area contributed by atoms with Gasteiger partial charge in [0, 0.05) is 19.4 Å². The summed E-state index contributed by atoms with van der Waals surface area (Å²) in [7, 11) is 1.82. The van der Waals surface area contributed by atoms with Gasteiger partial charge in [0.1, 0.15) is 17.7 Å². The molecule has 2 aromatic carbocycles. The van der Waals surface area contributed by atoms with Crippen LogP contribution in [0, 0.1) is 5.82 Å². The van der Waals surface area contributed by atoms with Crippen LogP contribution in [-0.2, 0) is 18.3 Å². The van der Waals surface area contributed by atoms with E-state index < -0.39 is 6.04 Å². The Hall–Kier alpha value is -2.37. The van der Waals surface area contributed by atoms with Crippen LogP contribution < -0.4 is 5.32 Å². The van der Waals surface area contributed by atoms with E-state index in [4.69, 9.17) is 23.2 Å². The molecule has 1 atom stereocenters. The lowest BCUT2D eigenvalue weighted by Crippen LogP contribution is -2.32. The van der Waals surface area contributed by atoms with E-state index in [0.29, 0.717) is 21.4 Å². The van der Waals surface area contributed by atoms with E-state index in [1.54, 1.807) is 47.3 Å². The fourth-order valence-electron chi connectivity index (χ4n) is 2.69. The molecular weight excluding hydrogens is 376 g/mol. The molecule has 0 radical (unpaired) electrons. The molecule has 0 saturated carbocycles. The smallest absolute Gasteiger partial charge is 0.225 e. The van der Waals surface area contributed by atoms with E-state index in [1.807, 2.05) is 7.05 Å². The zero-order chi connectivity index (χ0) is 18.7. The molecular formula is C19H16Cl2FN3O. The first-order valence-electron chi connectivity index (χ1n) is 7.90. The number of amides is 1. The highest BCUT2D eigenvalue weighted by atomic mass is 35.5. The Balaban J connectivity index is 1.84. The van der Waals surface area contributed by atoms with Crippen LogP contribution in [0.15, 0.2) is 54.9 Å². The number of aryl methyl sites for hydroxylation is 1. The number of benzene rings is 2. The first kappa shape index (κ1) is 18.4. The molecule has 0 saturated heterocycles. The third-order valence-corrected chi connectivity index (χ3v) is 4.69. The standard InChI is InChI=1S/C19H16Cl2FN3O/c1-25-8-7-23-19(25)18(13-3-2-4-14(22)11-13)24-17(26)10-12-5-6-15(20)16(21)9-12/h2-9,11,18H,10H2,1H3,(H,24,26)/t18-/m0/s1. The van der Waals surface area contributed by atoms with Crippen molar-refractivity contribution in [2.24, 2.45) is 7.05 Å². The molecule has 0 spiro atoms. The van der Waals surface area contributed by atoms with Crippen molar-refractivity contribution in [1.82, 2.24) is 14.9 Å². The number of hydrogen-bond donors (Lipinski definition) is 1. The number of imidazole rings is 1. The molecule has 3 aromatic rings. The topological polar surface area (TPSA) is 46.9 Å². The molecule has 0 aliphatic heterocycles. The second-order valence-electron chi connectivity index (χ2n) is 5.88. The molecule has 0 bridgehead atoms. The zero-order valence-electron chi connectivity index (χ0n) is 13.9. The lowest BCUT2D eigenvalue weighted by molar-refractivity contribution is -0.121. The number of carbonyl (C=O) groups excluding carboxylic acids is 1. The molecule has 134 valence electrons. The second-order valence-corrected chi connectivity index (χ2v) is 6.69. The highest BCUT2D eigenvalue weighted by Crippen LogP contribution is 2.24. The highest BCUT2D eigenvalue weighted by Gasteiger charge is 2.21. The lowest BCUT2D eigenvalue weighted by Gasteiger charge is -2.19. The molecule has 0 aliphatic carbocycles. The summed E-state index contributed by atoms with van der Waals surface area (Å²) in [4.78, 5) is 16.9. The van der Waals surface area contributed by atoms with Crippen molar-refractivity contribution < 1.29 is 9.18 Å². The van der Waals surface area contributed by atoms with Gasteiger partial charge in [0.25, 0.3) is 0 Å². The number of rotatable bonds is 5. The van der Waals surface area contributed by atoms with Gasteiger partial charge in [-0.15, -0.1) is 0 Å². The fraction of sp³-hybridized carbons (Fsp3) is 0.158. The van der Waals surface area contributed by atoms with Crippen molar-refractivity contribution in [2.75, 3.05) is 0 Å². The molecule has 1 aromatic heterocycles. The van der Waals surface area contributed by atoms with Gasteiger partial charge in [-0.25, -0.2) is 9.37 Å². The maximum absolute atomic E-state index is 13.7. The summed E-state index contributed by atoms with van der Waals surface area (Å²) in [5, 5.41) is 3.74. The van der Waals surface area contributed by atoms with Gasteiger partial charge in [0.05, 0.1) is 16.5 Å². The van der Waals surface area contributed by atoms with E-state index in [1.165, 1.54) is 12.1 Å². The molecule has 0 unspecified atom stereocenters. The summed E-state index contributed by atoms with van der Waals surface area (Å²) in [6, 6.07) is 10.6. The predicted molar refractivity (Wildman–Crippen MR) is 99.8 cm³/mol. The first-order chi connectivity index (χ1) is 12.4. The summed E-state index contributed by atoms with van der Waals surface area (Å²) in [5.74, 6) is -0.000759. The quantitative estimate of drug-likeness (QED) is 0.703. The molecule has 26 heavy (non-hydrogen) atoms. The van der Waals surface area contributed by atoms with Crippen LogP contribution in [0.2, 0.25) is 10.0 Å². The molecule has 7 heteroatoms. The summed E-state index contributed by atoms with van der Waals surface area (Å²) in [6.07, 6.45) is 3.52. The number of carbonyl (C=O) groups is 1. The highest BCUT2D eigenvalue weighted by molar-refractivity contribution is 6.42. The first-order valence-corrected chi connectivity index (χ1v) is 8.65. The largest absolute Gasteiger partial charge is 0.342 e. The van der Waals surface area contributed by atoms with Crippen LogP contribution in [0.3, 0.4) is 0 Å². The minimum Gasteiger partial charge on any atom is -0.342 e. The number of halogens is 3. The number of aromatic nitrogens is 2. The van der Waals surface area contributed by atoms with E-state index in [2.05, 4.69) is 10.3 Å². The Kier molecular flexibility index (Phi) is 5.59. The minimum atomic E-state index is -0.569. The van der Waals surface area contributed by atoms with Crippen LogP contribution in [0.4, 0.5) is 4.39 Å². The van der Waals surface area contributed by atoms with Gasteiger partial charge < -0.3 is 9.88 Å². The van der Waals surface area contributed by atoms with E-state index in [-0.39, 0.29) is 18.1 Å². The Morgan fingerprint density at radius 3 is 2.69 bits per heavy atom. The second kappa shape index (κ2) is 7.89. The van der Waals surface area contributed by atoms with Crippen LogP contribution in [0.1, 0.15) is 23.0 Å². The van der Waals surface area contributed by atoms with Crippen molar-refractivity contribution in [3.05, 3.63) is 87.7 Å². The van der Waals surface area contributed by atoms with Crippen molar-refractivity contribution in [3.63, 3.8) is 0 Å². The third kappa shape index (κ3) is 4.23. The monoisotopic (exact) mass is 391 g/mol. The van der Waals surface area contributed by atoms with Crippen LogP contribution in [0.5, 0.6) is 0 Å². The zero-order valence-corrected chi connectivity index (χ0v) is 15.4. The lowest BCUT2D eigenvalue weighted by atomic mass is 10.0. The Morgan fingerprint density at radius 2 is 2.04 bits per heavy atom. The van der Waals surface area contributed by atoms with E-state index in [9.17, 15) is 9.18 Å². The van der Waals surface area contributed by atoms with E-state index >= 15 is 0 Å². The molecule has 3 rings (SSSR count). The molecule has 1 heterocycles. The maximum atomic E-state index is 13.7. The summed E-state index contributed by atoms with van der Waals surface area (Å²) >= 11 is 11.9. The number of hydrogen-bond acceptors (Lipinski definition) is 2. The van der Waals surface area contributed by atoms with Crippen LogP contribution >= 0.6 is 23.2 Å². The summed E-state index contributed by atoms with van der Waals surface area (Å²) in [5.41, 5.74) is 1.34. The average Bonchev–Trinajstić information content (AvgIpc) is 3.02. The van der Waals surface area contributed by atoms with Crippen molar-refractivity contribution in [3.8, 4) is 0 Å². The Bertz CT molecular complexity index is 942. The van der Waals surface area contributed by atoms with Crippen molar-refractivity contribution in [2.45, 2.75) is 12.5 Å². The van der Waals surface area contributed by atoms with E-state index in [0.717, 1.165) is 5.56 Å². The number of nitrogens with one attached hydrogen (secondary N) is 1. The third-order valence-electron chi connectivity index (χ3n) is 3.95. The molecule has 1 N–H and O–H groups in total. The average molecular weight is 392 g/mol. The number of nitrogens with zero attached hydrogens (tertiary/aromatic N) is 2. The minimum absolute atomic E-state index is 0.118. The van der Waals surface area contributed by atoms with Gasteiger partial charge in [-0.2, -0.15) is 0 Å². The Labute approximate surface area is 160 Å². The SMILES string of the molecule is Cn1ccnc1[C@@H](NC(=O)Cc1ccc(Cl)c(Cl)c1)c1cccc(F)c1. The van der Waals surface area contributed by atoms with Gasteiger partial charge in [0.2, 0.25) is 5.91 Å². The van der Waals surface area contributed by atoms with Gasteiger partial charge in [-0.1, -0.05) is 41.4 Å². The Morgan fingerprint density at radius 1 is 1.23 bits per heavy atom. The van der Waals surface area contributed by atoms with Crippen LogP contribution in [-0.4, -0.2) is 15.5 Å². The van der Waals surface area contributed by atoms with Gasteiger partial charge >= 0.3 is 0 Å². The normalized spacial score (nSPS) is 12.0. The van der Waals surface area contributed by atoms with Crippen molar-refractivity contribution >= 4 is 29.1 Å². The fourth-order valence-corrected chi connectivity index (χ4v) is 3.01. The molecule has 0 fully saturated rings. The van der Waals surface area contributed by atoms with Crippen molar-refractivity contribution in [1.29, 1.82) is 0 Å². The van der Waals surface area contributed by atoms with Crippen LogP contribution in [0.25, 0.3) is 0 Å². The maximum Gasteiger partial charge on any atom is 0.225 e. The predicted octanol–water partition coefficient (Wildman–Crippen LogP) is 4.31. The van der Waals surface area contributed by atoms with Gasteiger partial charge in [0.15, 0.2) is 0 Å². The summed E-state index contributed by atoms with van der Waals surface area (Å²) in [6.45, 7) is 0. The molecule has 4 nitrogen and oxygen atoms in total.